The summed E-state index contributed by atoms with van der Waals surface area (Å²) in [5.41, 5.74) is 0.248. The van der Waals surface area contributed by atoms with Crippen LogP contribution in [0.5, 0.6) is 0 Å². The molecular weight excluding hydrogens is 164 g/mol. The first-order valence-corrected chi connectivity index (χ1v) is 5.09. The van der Waals surface area contributed by atoms with Crippen LogP contribution in [0.15, 0.2) is 0 Å². The second-order valence-electron chi connectivity index (χ2n) is 4.68. The number of hydrogen-bond donors (Lipinski definition) is 2. The van der Waals surface area contributed by atoms with Gasteiger partial charge < -0.3 is 15.3 Å². The van der Waals surface area contributed by atoms with Crippen LogP contribution in [0, 0.1) is 0 Å². The van der Waals surface area contributed by atoms with Crippen molar-refractivity contribution in [2.75, 3.05) is 27.2 Å². The van der Waals surface area contributed by atoms with Gasteiger partial charge in [-0.1, -0.05) is 0 Å². The summed E-state index contributed by atoms with van der Waals surface area (Å²) in [7, 11) is 4.20. The molecule has 2 unspecified atom stereocenters. The zero-order valence-electron chi connectivity index (χ0n) is 9.01. The number of rotatable bonds is 4. The quantitative estimate of drug-likeness (QED) is 0.669. The van der Waals surface area contributed by atoms with Gasteiger partial charge in [-0.3, -0.25) is 0 Å². The molecule has 0 radical (unpaired) electrons. The van der Waals surface area contributed by atoms with Crippen LogP contribution in [0.1, 0.15) is 26.2 Å². The van der Waals surface area contributed by atoms with Gasteiger partial charge in [0.25, 0.3) is 0 Å². The molecule has 0 bridgehead atoms. The molecule has 0 aromatic carbocycles. The van der Waals surface area contributed by atoms with Crippen LogP contribution >= 0.6 is 0 Å². The molecule has 3 heteroatoms. The van der Waals surface area contributed by atoms with Crippen LogP contribution in [0.4, 0.5) is 0 Å². The van der Waals surface area contributed by atoms with E-state index in [4.69, 9.17) is 5.11 Å². The van der Waals surface area contributed by atoms with Crippen molar-refractivity contribution in [3.8, 4) is 0 Å². The summed E-state index contributed by atoms with van der Waals surface area (Å²) in [5, 5.41) is 12.5. The predicted molar refractivity (Wildman–Crippen MR) is 54.8 cm³/mol. The zero-order valence-corrected chi connectivity index (χ0v) is 9.01. The fourth-order valence-electron chi connectivity index (χ4n) is 1.93. The molecule has 78 valence electrons. The molecule has 0 aromatic heterocycles. The van der Waals surface area contributed by atoms with Crippen molar-refractivity contribution in [1.29, 1.82) is 0 Å². The Morgan fingerprint density at radius 3 is 2.69 bits per heavy atom. The average molecular weight is 186 g/mol. The maximum Gasteiger partial charge on any atom is 0.0584 e. The molecule has 0 aromatic rings. The highest BCUT2D eigenvalue weighted by atomic mass is 16.3. The third-order valence-corrected chi connectivity index (χ3v) is 2.93. The standard InChI is InChI=1S/C10H22N2O/c1-10(6-7-12(2)3)5-4-9(8-13)11-10/h9,11,13H,4-8H2,1-3H3. The van der Waals surface area contributed by atoms with Gasteiger partial charge in [-0.15, -0.1) is 0 Å². The summed E-state index contributed by atoms with van der Waals surface area (Å²) >= 11 is 0. The average Bonchev–Trinajstić information content (AvgIpc) is 2.45. The molecule has 0 amide bonds. The highest BCUT2D eigenvalue weighted by Gasteiger charge is 2.33. The van der Waals surface area contributed by atoms with Gasteiger partial charge in [-0.05, 0) is 46.8 Å². The SMILES string of the molecule is CN(C)CCC1(C)CCC(CO)N1. The summed E-state index contributed by atoms with van der Waals surface area (Å²) < 4.78 is 0. The molecule has 2 N–H and O–H groups in total. The Bertz CT molecular complexity index is 161. The van der Waals surface area contributed by atoms with Crippen LogP contribution in [0.3, 0.4) is 0 Å². The zero-order chi connectivity index (χ0) is 9.90. The monoisotopic (exact) mass is 186 g/mol. The highest BCUT2D eigenvalue weighted by molar-refractivity contribution is 4.94. The van der Waals surface area contributed by atoms with Crippen molar-refractivity contribution >= 4 is 0 Å². The molecule has 13 heavy (non-hydrogen) atoms. The number of nitrogens with one attached hydrogen (secondary N) is 1. The van der Waals surface area contributed by atoms with Gasteiger partial charge in [0.1, 0.15) is 0 Å². The number of aliphatic hydroxyl groups excluding tert-OH is 1. The Hall–Kier alpha value is -0.120. The van der Waals surface area contributed by atoms with Crippen molar-refractivity contribution < 1.29 is 5.11 Å². The third-order valence-electron chi connectivity index (χ3n) is 2.93. The Balaban J connectivity index is 2.31. The van der Waals surface area contributed by atoms with E-state index < -0.39 is 0 Å². The Kier molecular flexibility index (Phi) is 3.71. The maximum absolute atomic E-state index is 9.00. The Labute approximate surface area is 81.1 Å². The van der Waals surface area contributed by atoms with E-state index in [1.165, 1.54) is 6.42 Å². The first-order chi connectivity index (χ1) is 6.06. The van der Waals surface area contributed by atoms with E-state index in [0.29, 0.717) is 6.04 Å². The van der Waals surface area contributed by atoms with Gasteiger partial charge in [-0.2, -0.15) is 0 Å². The largest absolute Gasteiger partial charge is 0.395 e. The number of hydrogen-bond acceptors (Lipinski definition) is 3. The normalized spacial score (nSPS) is 34.4. The van der Waals surface area contributed by atoms with Gasteiger partial charge in [0.05, 0.1) is 6.61 Å². The fraction of sp³-hybridized carbons (Fsp3) is 1.00. The van der Waals surface area contributed by atoms with Crippen molar-refractivity contribution in [3.63, 3.8) is 0 Å². The van der Waals surface area contributed by atoms with E-state index in [1.807, 2.05) is 0 Å². The third kappa shape index (κ3) is 3.25. The molecule has 1 heterocycles. The van der Waals surface area contributed by atoms with E-state index in [1.54, 1.807) is 0 Å². The van der Waals surface area contributed by atoms with Crippen LogP contribution in [-0.2, 0) is 0 Å². The first-order valence-electron chi connectivity index (χ1n) is 5.09. The fourth-order valence-corrected chi connectivity index (χ4v) is 1.93. The Morgan fingerprint density at radius 2 is 2.23 bits per heavy atom. The van der Waals surface area contributed by atoms with Crippen molar-refractivity contribution in [2.45, 2.75) is 37.8 Å². The summed E-state index contributed by atoms with van der Waals surface area (Å²) in [6, 6.07) is 0.326. The highest BCUT2D eigenvalue weighted by Crippen LogP contribution is 2.25. The Morgan fingerprint density at radius 1 is 1.54 bits per heavy atom. The van der Waals surface area contributed by atoms with Gasteiger partial charge in [-0.25, -0.2) is 0 Å². The minimum Gasteiger partial charge on any atom is -0.395 e. The lowest BCUT2D eigenvalue weighted by Crippen LogP contribution is -2.43. The molecule has 1 aliphatic rings. The van der Waals surface area contributed by atoms with Gasteiger partial charge in [0.2, 0.25) is 0 Å². The minimum atomic E-state index is 0.248. The van der Waals surface area contributed by atoms with Crippen molar-refractivity contribution in [3.05, 3.63) is 0 Å². The maximum atomic E-state index is 9.00. The summed E-state index contributed by atoms with van der Waals surface area (Å²) in [6.45, 7) is 3.64. The smallest absolute Gasteiger partial charge is 0.0584 e. The molecule has 1 aliphatic heterocycles. The van der Waals surface area contributed by atoms with Crippen molar-refractivity contribution in [1.82, 2.24) is 10.2 Å². The second kappa shape index (κ2) is 4.40. The summed E-state index contributed by atoms with van der Waals surface area (Å²) in [4.78, 5) is 2.21. The van der Waals surface area contributed by atoms with Crippen LogP contribution in [0.25, 0.3) is 0 Å². The number of aliphatic hydroxyl groups is 1. The van der Waals surface area contributed by atoms with Gasteiger partial charge >= 0.3 is 0 Å². The summed E-state index contributed by atoms with van der Waals surface area (Å²) in [5.74, 6) is 0. The van der Waals surface area contributed by atoms with E-state index >= 15 is 0 Å². The van der Waals surface area contributed by atoms with Crippen LogP contribution in [-0.4, -0.2) is 48.8 Å². The van der Waals surface area contributed by atoms with E-state index in [0.717, 1.165) is 19.4 Å². The molecule has 0 aliphatic carbocycles. The minimum absolute atomic E-state index is 0.248. The topological polar surface area (TPSA) is 35.5 Å². The second-order valence-corrected chi connectivity index (χ2v) is 4.68. The van der Waals surface area contributed by atoms with Crippen LogP contribution < -0.4 is 5.32 Å². The molecule has 0 spiro atoms. The first kappa shape index (κ1) is 11.0. The van der Waals surface area contributed by atoms with Gasteiger partial charge in [0.15, 0.2) is 0 Å². The molecule has 1 fully saturated rings. The molecular formula is C10H22N2O. The van der Waals surface area contributed by atoms with E-state index in [9.17, 15) is 0 Å². The van der Waals surface area contributed by atoms with Crippen LogP contribution in [0.2, 0.25) is 0 Å². The molecule has 3 nitrogen and oxygen atoms in total. The predicted octanol–water partition coefficient (Wildman–Crippen LogP) is 0.441. The molecule has 0 saturated carbocycles. The summed E-state index contributed by atoms with van der Waals surface area (Å²) in [6.07, 6.45) is 3.46. The number of nitrogens with zero attached hydrogens (tertiary/aromatic N) is 1. The molecule has 1 rings (SSSR count). The van der Waals surface area contributed by atoms with E-state index in [-0.39, 0.29) is 12.1 Å². The lowest BCUT2D eigenvalue weighted by Gasteiger charge is -2.27. The van der Waals surface area contributed by atoms with Crippen molar-refractivity contribution in [2.24, 2.45) is 0 Å². The van der Waals surface area contributed by atoms with Gasteiger partial charge in [0, 0.05) is 11.6 Å². The lowest BCUT2D eigenvalue weighted by molar-refractivity contribution is 0.233. The lowest BCUT2D eigenvalue weighted by atomic mass is 9.96. The molecule has 2 atom stereocenters. The van der Waals surface area contributed by atoms with E-state index in [2.05, 4.69) is 31.2 Å². The molecule has 1 saturated heterocycles.